The molecule has 0 amide bonds. The van der Waals surface area contributed by atoms with Gasteiger partial charge in [-0.3, -0.25) is 0 Å². The summed E-state index contributed by atoms with van der Waals surface area (Å²) in [6, 6.07) is 3.80. The first-order chi connectivity index (χ1) is 13.9. The molecule has 1 atom stereocenters. The Hall–Kier alpha value is -3.05. The van der Waals surface area contributed by atoms with Crippen LogP contribution in [0.25, 0.3) is 33.6 Å². The van der Waals surface area contributed by atoms with Gasteiger partial charge in [0, 0.05) is 29.9 Å². The lowest BCUT2D eigenvalue weighted by atomic mass is 10.1. The Labute approximate surface area is 166 Å². The third kappa shape index (κ3) is 2.93. The molecule has 0 bridgehead atoms. The molecule has 11 heteroatoms. The number of nitrogens with one attached hydrogen (secondary N) is 1. The van der Waals surface area contributed by atoms with Crippen LogP contribution in [0, 0.1) is 0 Å². The maximum Gasteiger partial charge on any atom is 0.238 e. The Bertz CT molecular complexity index is 1330. The van der Waals surface area contributed by atoms with Crippen LogP contribution in [-0.4, -0.2) is 69.4 Å². The molecule has 1 N–H and O–H groups in total. The summed E-state index contributed by atoms with van der Waals surface area (Å²) in [7, 11) is -3.58. The molecule has 1 aliphatic heterocycles. The smallest absolute Gasteiger partial charge is 0.238 e. The van der Waals surface area contributed by atoms with Crippen LogP contribution in [0.15, 0.2) is 30.9 Å². The first-order valence-electron chi connectivity index (χ1n) is 9.16. The summed E-state index contributed by atoms with van der Waals surface area (Å²) in [6.45, 7) is 3.80. The average Bonchev–Trinajstić information content (AvgIpc) is 3.34. The second kappa shape index (κ2) is 6.49. The highest BCUT2D eigenvalue weighted by atomic mass is 32.2. The third-order valence-corrected chi connectivity index (χ3v) is 6.03. The van der Waals surface area contributed by atoms with Gasteiger partial charge < -0.3 is 14.6 Å². The number of imidazole rings is 1. The van der Waals surface area contributed by atoms with E-state index in [0.717, 1.165) is 21.2 Å². The number of rotatable bonds is 3. The number of pyridine rings is 1. The Balaban J connectivity index is 1.82. The number of fused-ring (bicyclic) bond motifs is 2. The van der Waals surface area contributed by atoms with Gasteiger partial charge in [-0.15, -0.1) is 0 Å². The Morgan fingerprint density at radius 2 is 2.10 bits per heavy atom. The molecule has 0 radical (unpaired) electrons. The van der Waals surface area contributed by atoms with Crippen LogP contribution in [0.4, 0.5) is 5.82 Å². The molecule has 1 fully saturated rings. The molecule has 0 saturated carbocycles. The van der Waals surface area contributed by atoms with E-state index < -0.39 is 10.0 Å². The summed E-state index contributed by atoms with van der Waals surface area (Å²) < 4.78 is 31.2. The van der Waals surface area contributed by atoms with E-state index in [-0.39, 0.29) is 11.7 Å². The van der Waals surface area contributed by atoms with Crippen molar-refractivity contribution in [3.8, 4) is 11.4 Å². The largest absolute Gasteiger partial charge is 0.377 e. The maximum atomic E-state index is 12.3. The van der Waals surface area contributed by atoms with Gasteiger partial charge in [0.1, 0.15) is 12.0 Å². The fourth-order valence-corrected chi connectivity index (χ4v) is 4.29. The quantitative estimate of drug-likeness (QED) is 0.535. The van der Waals surface area contributed by atoms with Gasteiger partial charge in [0.2, 0.25) is 10.0 Å². The van der Waals surface area contributed by atoms with Crippen molar-refractivity contribution in [1.82, 2.24) is 28.9 Å². The highest BCUT2D eigenvalue weighted by Crippen LogP contribution is 2.31. The highest BCUT2D eigenvalue weighted by molar-refractivity contribution is 7.89. The molecule has 5 rings (SSSR count). The number of anilines is 1. The molecule has 0 aliphatic carbocycles. The predicted molar refractivity (Wildman–Crippen MR) is 108 cm³/mol. The number of aromatic nitrogens is 6. The maximum absolute atomic E-state index is 12.3. The second-order valence-electron chi connectivity index (χ2n) is 7.06. The summed E-state index contributed by atoms with van der Waals surface area (Å²) in [5, 5.41) is 0.859. The van der Waals surface area contributed by atoms with Gasteiger partial charge in [-0.05, 0) is 19.1 Å². The van der Waals surface area contributed by atoms with Crippen LogP contribution in [0.1, 0.15) is 6.92 Å². The molecule has 29 heavy (non-hydrogen) atoms. The fourth-order valence-electron chi connectivity index (χ4n) is 3.63. The van der Waals surface area contributed by atoms with Crippen LogP contribution >= 0.6 is 0 Å². The number of ether oxygens (including phenoxy) is 1. The standard InChI is InChI=1S/C18H19N7O3S/c1-11-9-28-8-7-24(11)17-14-18(25(10-21-14)29(2,26)27)23-16(22-17)13-4-6-20-15-12(13)3-5-19-15/h3-6,10-11H,7-9H2,1-2H3,(H,19,20)/t11-/m1/s1. The lowest BCUT2D eigenvalue weighted by molar-refractivity contribution is 0.0987. The van der Waals surface area contributed by atoms with E-state index in [4.69, 9.17) is 9.72 Å². The number of H-pyrrole nitrogens is 1. The Morgan fingerprint density at radius 3 is 2.90 bits per heavy atom. The van der Waals surface area contributed by atoms with Crippen LogP contribution in [0.5, 0.6) is 0 Å². The van der Waals surface area contributed by atoms with E-state index in [9.17, 15) is 8.42 Å². The summed E-state index contributed by atoms with van der Waals surface area (Å²) >= 11 is 0. The molecule has 4 aromatic heterocycles. The van der Waals surface area contributed by atoms with Crippen molar-refractivity contribution in [2.75, 3.05) is 30.9 Å². The van der Waals surface area contributed by atoms with Gasteiger partial charge in [-0.25, -0.2) is 32.3 Å². The third-order valence-electron chi connectivity index (χ3n) is 5.05. The molecule has 0 aromatic carbocycles. The minimum absolute atomic E-state index is 0.0720. The van der Waals surface area contributed by atoms with Crippen molar-refractivity contribution < 1.29 is 13.2 Å². The lowest BCUT2D eigenvalue weighted by Gasteiger charge is -2.34. The summed E-state index contributed by atoms with van der Waals surface area (Å²) in [5.41, 5.74) is 2.18. The van der Waals surface area contributed by atoms with Crippen molar-refractivity contribution in [2.24, 2.45) is 0 Å². The number of hydrogen-bond acceptors (Lipinski definition) is 8. The zero-order valence-corrected chi connectivity index (χ0v) is 16.7. The van der Waals surface area contributed by atoms with Crippen molar-refractivity contribution in [1.29, 1.82) is 0 Å². The zero-order chi connectivity index (χ0) is 20.2. The first-order valence-corrected chi connectivity index (χ1v) is 11.0. The van der Waals surface area contributed by atoms with Gasteiger partial charge in [-0.1, -0.05) is 0 Å². The van der Waals surface area contributed by atoms with Crippen LogP contribution in [0.3, 0.4) is 0 Å². The van der Waals surface area contributed by atoms with Crippen molar-refractivity contribution in [2.45, 2.75) is 13.0 Å². The molecule has 150 valence electrons. The lowest BCUT2D eigenvalue weighted by Crippen LogP contribution is -2.44. The van der Waals surface area contributed by atoms with Crippen molar-refractivity contribution in [3.63, 3.8) is 0 Å². The summed E-state index contributed by atoms with van der Waals surface area (Å²) in [6.07, 6.45) is 5.88. The molecule has 1 aliphatic rings. The first kappa shape index (κ1) is 18.0. The fraction of sp³-hybridized carbons (Fsp3) is 0.333. The molecular weight excluding hydrogens is 394 g/mol. The number of nitrogens with zero attached hydrogens (tertiary/aromatic N) is 6. The number of hydrogen-bond donors (Lipinski definition) is 1. The van der Waals surface area contributed by atoms with Crippen molar-refractivity contribution in [3.05, 3.63) is 30.9 Å². The van der Waals surface area contributed by atoms with Crippen molar-refractivity contribution >= 4 is 38.0 Å². The normalized spacial score (nSPS) is 18.0. The minimum atomic E-state index is -3.58. The van der Waals surface area contributed by atoms with Gasteiger partial charge in [0.05, 0.1) is 25.5 Å². The van der Waals surface area contributed by atoms with E-state index in [1.165, 1.54) is 6.33 Å². The number of morpholine rings is 1. The van der Waals surface area contributed by atoms with Gasteiger partial charge >= 0.3 is 0 Å². The van der Waals surface area contributed by atoms with E-state index in [0.29, 0.717) is 42.6 Å². The molecule has 4 aromatic rings. The molecular formula is C18H19N7O3S. The minimum Gasteiger partial charge on any atom is -0.377 e. The van der Waals surface area contributed by atoms with Gasteiger partial charge in [-0.2, -0.15) is 0 Å². The van der Waals surface area contributed by atoms with Crippen LogP contribution in [0.2, 0.25) is 0 Å². The van der Waals surface area contributed by atoms with E-state index in [2.05, 4.69) is 24.8 Å². The van der Waals surface area contributed by atoms with Gasteiger partial charge in [0.15, 0.2) is 22.8 Å². The highest BCUT2D eigenvalue weighted by Gasteiger charge is 2.27. The summed E-state index contributed by atoms with van der Waals surface area (Å²) in [4.78, 5) is 23.2. The average molecular weight is 413 g/mol. The molecule has 10 nitrogen and oxygen atoms in total. The summed E-state index contributed by atoms with van der Waals surface area (Å²) in [5.74, 6) is 1.02. The number of aromatic amines is 1. The monoisotopic (exact) mass is 413 g/mol. The van der Waals surface area contributed by atoms with E-state index in [1.807, 2.05) is 19.1 Å². The molecule has 1 saturated heterocycles. The van der Waals surface area contributed by atoms with Crippen LogP contribution < -0.4 is 4.90 Å². The molecule has 0 unspecified atom stereocenters. The Morgan fingerprint density at radius 1 is 1.24 bits per heavy atom. The van der Waals surface area contributed by atoms with E-state index in [1.54, 1.807) is 12.4 Å². The van der Waals surface area contributed by atoms with Gasteiger partial charge in [0.25, 0.3) is 0 Å². The topological polar surface area (TPSA) is 119 Å². The predicted octanol–water partition coefficient (Wildman–Crippen LogP) is 1.40. The zero-order valence-electron chi connectivity index (χ0n) is 15.9. The SMILES string of the molecule is C[C@@H]1COCCN1c1nc(-c2ccnc3[nH]ccc23)nc2c1ncn2S(C)(=O)=O. The Kier molecular flexibility index (Phi) is 4.03. The molecule has 5 heterocycles. The van der Waals surface area contributed by atoms with Crippen LogP contribution in [-0.2, 0) is 14.8 Å². The molecule has 0 spiro atoms. The second-order valence-corrected chi connectivity index (χ2v) is 8.92. The van der Waals surface area contributed by atoms with E-state index >= 15 is 0 Å².